The Morgan fingerprint density at radius 1 is 1.30 bits per heavy atom. The molecular weight excluding hydrogens is 270 g/mol. The van der Waals surface area contributed by atoms with Gasteiger partial charge < -0.3 is 5.73 Å². The van der Waals surface area contributed by atoms with Crippen molar-refractivity contribution in [2.75, 3.05) is 12.3 Å². The van der Waals surface area contributed by atoms with Crippen molar-refractivity contribution in [3.05, 3.63) is 34.5 Å². The van der Waals surface area contributed by atoms with Crippen molar-refractivity contribution in [3.8, 4) is 0 Å². The van der Waals surface area contributed by atoms with Crippen molar-refractivity contribution in [1.82, 2.24) is 9.88 Å². The summed E-state index contributed by atoms with van der Waals surface area (Å²) in [4.78, 5) is 7.41. The predicted molar refractivity (Wildman–Crippen MR) is 82.9 cm³/mol. The van der Waals surface area contributed by atoms with Crippen molar-refractivity contribution >= 4 is 28.2 Å². The van der Waals surface area contributed by atoms with E-state index in [0.717, 1.165) is 34.6 Å². The van der Waals surface area contributed by atoms with Gasteiger partial charge in [0.05, 0.1) is 5.52 Å². The number of nitrogens with zero attached hydrogens (tertiary/aromatic N) is 2. The molecule has 0 radical (unpaired) electrons. The fourth-order valence-electron chi connectivity index (χ4n) is 3.62. The third-order valence-electron chi connectivity index (χ3n) is 4.72. The molecule has 1 fully saturated rings. The zero-order valence-corrected chi connectivity index (χ0v) is 12.2. The Balaban J connectivity index is 1.87. The number of fused-ring (bicyclic) bond motifs is 3. The average molecular weight is 288 g/mol. The van der Waals surface area contributed by atoms with Crippen molar-refractivity contribution in [3.63, 3.8) is 0 Å². The number of rotatable bonds is 0. The highest BCUT2D eigenvalue weighted by molar-refractivity contribution is 6.31. The van der Waals surface area contributed by atoms with E-state index in [0.29, 0.717) is 6.04 Å². The van der Waals surface area contributed by atoms with Gasteiger partial charge in [-0.25, -0.2) is 0 Å². The lowest BCUT2D eigenvalue weighted by Crippen LogP contribution is -2.44. The van der Waals surface area contributed by atoms with E-state index in [2.05, 4.69) is 4.90 Å². The molecule has 20 heavy (non-hydrogen) atoms. The molecule has 0 amide bonds. The van der Waals surface area contributed by atoms with E-state index in [1.807, 2.05) is 18.2 Å². The van der Waals surface area contributed by atoms with Gasteiger partial charge in [0.1, 0.15) is 0 Å². The molecule has 3 heterocycles. The minimum Gasteiger partial charge on any atom is -0.398 e. The zero-order chi connectivity index (χ0) is 13.7. The van der Waals surface area contributed by atoms with E-state index in [4.69, 9.17) is 22.3 Å². The summed E-state index contributed by atoms with van der Waals surface area (Å²) in [7, 11) is 0. The molecule has 2 N–H and O–H groups in total. The highest BCUT2D eigenvalue weighted by Gasteiger charge is 2.30. The van der Waals surface area contributed by atoms with Crippen LogP contribution in [0, 0.1) is 0 Å². The van der Waals surface area contributed by atoms with Gasteiger partial charge in [-0.05, 0) is 37.6 Å². The Kier molecular flexibility index (Phi) is 2.86. The standard InChI is InChI=1S/C16H18ClN3/c17-10-4-5-14-12(7-10)16(18)13-9-20-6-2-1-3-11(20)8-15(13)19-14/h4-5,7,11H,1-3,6,8-9H2,(H2,18,19). The summed E-state index contributed by atoms with van der Waals surface area (Å²) in [5, 5.41) is 1.71. The highest BCUT2D eigenvalue weighted by Crippen LogP contribution is 2.35. The molecule has 0 spiro atoms. The monoisotopic (exact) mass is 287 g/mol. The van der Waals surface area contributed by atoms with Gasteiger partial charge in [0.15, 0.2) is 0 Å². The largest absolute Gasteiger partial charge is 0.398 e. The molecule has 1 aromatic heterocycles. The Morgan fingerprint density at radius 3 is 3.10 bits per heavy atom. The Labute approximate surface area is 123 Å². The number of anilines is 1. The smallest absolute Gasteiger partial charge is 0.0727 e. The van der Waals surface area contributed by atoms with Crippen molar-refractivity contribution in [2.45, 2.75) is 38.3 Å². The van der Waals surface area contributed by atoms with Gasteiger partial charge in [0.2, 0.25) is 0 Å². The fourth-order valence-corrected chi connectivity index (χ4v) is 3.80. The molecule has 0 bridgehead atoms. The molecule has 4 heteroatoms. The van der Waals surface area contributed by atoms with E-state index >= 15 is 0 Å². The maximum atomic E-state index is 6.41. The Bertz CT molecular complexity index is 683. The molecule has 2 aromatic rings. The number of benzene rings is 1. The third-order valence-corrected chi connectivity index (χ3v) is 4.95. The first kappa shape index (κ1) is 12.4. The number of hydrogen-bond donors (Lipinski definition) is 1. The van der Waals surface area contributed by atoms with E-state index < -0.39 is 0 Å². The molecule has 1 unspecified atom stereocenters. The lowest BCUT2D eigenvalue weighted by Gasteiger charge is -2.40. The molecule has 0 saturated carbocycles. The maximum absolute atomic E-state index is 6.41. The van der Waals surface area contributed by atoms with Crippen LogP contribution in [0.4, 0.5) is 5.69 Å². The van der Waals surface area contributed by atoms with Gasteiger partial charge >= 0.3 is 0 Å². The summed E-state index contributed by atoms with van der Waals surface area (Å²) >= 11 is 6.09. The Hall–Kier alpha value is -1.32. The topological polar surface area (TPSA) is 42.1 Å². The van der Waals surface area contributed by atoms with Gasteiger partial charge in [-0.3, -0.25) is 9.88 Å². The quantitative estimate of drug-likeness (QED) is 0.808. The number of pyridine rings is 1. The summed E-state index contributed by atoms with van der Waals surface area (Å²) in [6.07, 6.45) is 4.98. The molecule has 2 aliphatic heterocycles. The number of nitrogens with two attached hydrogens (primary N) is 1. The van der Waals surface area contributed by atoms with Crippen LogP contribution in [0.5, 0.6) is 0 Å². The van der Waals surface area contributed by atoms with E-state index in [1.165, 1.54) is 37.1 Å². The van der Waals surface area contributed by atoms with Gasteiger partial charge in [0.25, 0.3) is 0 Å². The first-order valence-electron chi connectivity index (χ1n) is 7.33. The minimum absolute atomic E-state index is 0.660. The van der Waals surface area contributed by atoms with Crippen LogP contribution in [0.2, 0.25) is 5.02 Å². The van der Waals surface area contributed by atoms with Crippen molar-refractivity contribution in [2.24, 2.45) is 0 Å². The molecule has 2 aliphatic rings. The summed E-state index contributed by atoms with van der Waals surface area (Å²) < 4.78 is 0. The van der Waals surface area contributed by atoms with Gasteiger partial charge in [0, 0.05) is 46.4 Å². The van der Waals surface area contributed by atoms with E-state index in [9.17, 15) is 0 Å². The number of nitrogen functional groups attached to an aromatic ring is 1. The lowest BCUT2D eigenvalue weighted by atomic mass is 9.90. The number of aromatic nitrogens is 1. The van der Waals surface area contributed by atoms with Crippen molar-refractivity contribution in [1.29, 1.82) is 0 Å². The zero-order valence-electron chi connectivity index (χ0n) is 11.4. The molecule has 1 aromatic carbocycles. The second-order valence-electron chi connectivity index (χ2n) is 5.94. The second-order valence-corrected chi connectivity index (χ2v) is 6.37. The first-order chi connectivity index (χ1) is 9.72. The van der Waals surface area contributed by atoms with Crippen LogP contribution in [-0.4, -0.2) is 22.5 Å². The van der Waals surface area contributed by atoms with Gasteiger partial charge in [-0.2, -0.15) is 0 Å². The van der Waals surface area contributed by atoms with Crippen LogP contribution in [-0.2, 0) is 13.0 Å². The molecule has 1 atom stereocenters. The van der Waals surface area contributed by atoms with Crippen LogP contribution >= 0.6 is 11.6 Å². The van der Waals surface area contributed by atoms with Crippen molar-refractivity contribution < 1.29 is 0 Å². The van der Waals surface area contributed by atoms with Gasteiger partial charge in [-0.1, -0.05) is 18.0 Å². The Morgan fingerprint density at radius 2 is 2.20 bits per heavy atom. The summed E-state index contributed by atoms with van der Waals surface area (Å²) in [6.45, 7) is 2.14. The summed E-state index contributed by atoms with van der Waals surface area (Å²) in [5.74, 6) is 0. The summed E-state index contributed by atoms with van der Waals surface area (Å²) in [6, 6.07) is 6.45. The van der Waals surface area contributed by atoms with Crippen LogP contribution in [0.15, 0.2) is 18.2 Å². The van der Waals surface area contributed by atoms with Crippen LogP contribution in [0.25, 0.3) is 10.9 Å². The number of hydrogen-bond acceptors (Lipinski definition) is 3. The van der Waals surface area contributed by atoms with E-state index in [1.54, 1.807) is 0 Å². The fraction of sp³-hybridized carbons (Fsp3) is 0.438. The summed E-state index contributed by atoms with van der Waals surface area (Å²) in [5.41, 5.74) is 10.7. The number of halogens is 1. The van der Waals surface area contributed by atoms with Crippen LogP contribution in [0.3, 0.4) is 0 Å². The molecular formula is C16H18ClN3. The normalized spacial score (nSPS) is 22.6. The molecule has 104 valence electrons. The second kappa shape index (κ2) is 4.61. The van der Waals surface area contributed by atoms with Gasteiger partial charge in [-0.15, -0.1) is 0 Å². The highest BCUT2D eigenvalue weighted by atomic mass is 35.5. The predicted octanol–water partition coefficient (Wildman–Crippen LogP) is 3.38. The van der Waals surface area contributed by atoms with Crippen LogP contribution < -0.4 is 5.73 Å². The molecule has 4 rings (SSSR count). The minimum atomic E-state index is 0.660. The molecule has 0 aliphatic carbocycles. The average Bonchev–Trinajstić information content (AvgIpc) is 2.47. The number of piperidine rings is 1. The molecule has 1 saturated heterocycles. The van der Waals surface area contributed by atoms with E-state index in [-0.39, 0.29) is 0 Å². The molecule has 3 nitrogen and oxygen atoms in total. The third kappa shape index (κ3) is 1.88. The SMILES string of the molecule is Nc1c2c(nc3ccc(Cl)cc13)CC1CCCCN1C2. The lowest BCUT2D eigenvalue weighted by molar-refractivity contribution is 0.126. The maximum Gasteiger partial charge on any atom is 0.0727 e. The van der Waals surface area contributed by atoms with Crippen LogP contribution in [0.1, 0.15) is 30.5 Å². The first-order valence-corrected chi connectivity index (χ1v) is 7.71.